The Morgan fingerprint density at radius 2 is 1.80 bits per heavy atom. The fraction of sp³-hybridized carbons (Fsp3) is 0.158. The molecule has 1 N–H and O–H groups in total. The summed E-state index contributed by atoms with van der Waals surface area (Å²) >= 11 is 5.36. The molecule has 5 nitrogen and oxygen atoms in total. The van der Waals surface area contributed by atoms with Crippen molar-refractivity contribution in [2.75, 3.05) is 0 Å². The lowest BCUT2D eigenvalue weighted by molar-refractivity contribution is 0.853. The molecule has 0 radical (unpaired) electrons. The van der Waals surface area contributed by atoms with Crippen LogP contribution >= 0.6 is 12.2 Å². The van der Waals surface area contributed by atoms with E-state index < -0.39 is 0 Å². The van der Waals surface area contributed by atoms with Crippen LogP contribution in [0, 0.1) is 4.77 Å². The zero-order chi connectivity index (χ0) is 17.6. The van der Waals surface area contributed by atoms with Gasteiger partial charge in [-0.2, -0.15) is 9.61 Å². The van der Waals surface area contributed by atoms with Crippen LogP contribution in [0.2, 0.25) is 0 Å². The molecule has 6 heteroatoms. The van der Waals surface area contributed by atoms with Crippen LogP contribution in [0.1, 0.15) is 25.3 Å². The maximum atomic E-state index is 12.6. The van der Waals surface area contributed by atoms with E-state index in [0.717, 1.165) is 16.5 Å². The van der Waals surface area contributed by atoms with Crippen LogP contribution < -0.4 is 5.56 Å². The van der Waals surface area contributed by atoms with Gasteiger partial charge in [0.25, 0.3) is 5.56 Å². The minimum absolute atomic E-state index is 0.247. The third kappa shape index (κ3) is 2.64. The Bertz CT molecular complexity index is 1210. The summed E-state index contributed by atoms with van der Waals surface area (Å²) < 4.78 is 1.83. The minimum atomic E-state index is -0.247. The molecular formula is C19H16N4OS. The van der Waals surface area contributed by atoms with Crippen molar-refractivity contribution in [3.63, 3.8) is 0 Å². The molecule has 0 amide bonds. The van der Waals surface area contributed by atoms with Crippen LogP contribution in [0.3, 0.4) is 0 Å². The molecule has 4 aromatic rings. The van der Waals surface area contributed by atoms with Gasteiger partial charge in [-0.25, -0.2) is 4.98 Å². The predicted octanol–water partition coefficient (Wildman–Crippen LogP) is 4.09. The number of aromatic nitrogens is 4. The first-order valence-corrected chi connectivity index (χ1v) is 8.48. The number of rotatable bonds is 2. The van der Waals surface area contributed by atoms with Crippen LogP contribution in [0.15, 0.2) is 53.3 Å². The molecule has 2 aromatic carbocycles. The number of fused-ring (bicyclic) bond motifs is 3. The highest BCUT2D eigenvalue weighted by atomic mass is 32.1. The van der Waals surface area contributed by atoms with Gasteiger partial charge >= 0.3 is 0 Å². The van der Waals surface area contributed by atoms with Gasteiger partial charge in [-0.15, -0.1) is 0 Å². The summed E-state index contributed by atoms with van der Waals surface area (Å²) in [5.74, 6) is 0.432. The van der Waals surface area contributed by atoms with Crippen molar-refractivity contribution in [2.24, 2.45) is 0 Å². The molecule has 2 aromatic heterocycles. The molecule has 0 saturated carbocycles. The van der Waals surface area contributed by atoms with E-state index in [9.17, 15) is 4.79 Å². The van der Waals surface area contributed by atoms with E-state index >= 15 is 0 Å². The Kier molecular flexibility index (Phi) is 3.69. The Hall–Kier alpha value is -2.86. The molecule has 4 rings (SSSR count). The maximum absolute atomic E-state index is 12.6. The lowest BCUT2D eigenvalue weighted by atomic mass is 10.0. The molecule has 0 spiro atoms. The van der Waals surface area contributed by atoms with Gasteiger partial charge in [-0.05, 0) is 35.8 Å². The fourth-order valence-electron chi connectivity index (χ4n) is 2.87. The number of nitrogens with zero attached hydrogens (tertiary/aromatic N) is 3. The van der Waals surface area contributed by atoms with E-state index in [-0.39, 0.29) is 5.56 Å². The highest BCUT2D eigenvalue weighted by molar-refractivity contribution is 7.71. The van der Waals surface area contributed by atoms with Crippen molar-refractivity contribution in [1.82, 2.24) is 19.6 Å². The zero-order valence-electron chi connectivity index (χ0n) is 13.9. The molecule has 0 bridgehead atoms. The smallest absolute Gasteiger partial charge is 0.277 e. The Morgan fingerprint density at radius 3 is 2.52 bits per heavy atom. The Labute approximate surface area is 149 Å². The summed E-state index contributed by atoms with van der Waals surface area (Å²) in [6, 6.07) is 15.4. The van der Waals surface area contributed by atoms with Gasteiger partial charge in [0.05, 0.1) is 5.52 Å². The average Bonchev–Trinajstić information content (AvgIpc) is 2.61. The Morgan fingerprint density at radius 1 is 1.08 bits per heavy atom. The SMILES string of the molecule is CC(C)c1ccc(-c2nn3c(=S)nc4ccccc4c3[nH]c2=O)cc1. The van der Waals surface area contributed by atoms with Crippen molar-refractivity contribution in [1.29, 1.82) is 0 Å². The quantitative estimate of drug-likeness (QED) is 0.438. The second-order valence-corrected chi connectivity index (χ2v) is 6.62. The van der Waals surface area contributed by atoms with Gasteiger partial charge in [-0.1, -0.05) is 50.2 Å². The number of benzene rings is 2. The van der Waals surface area contributed by atoms with Gasteiger partial charge in [-0.3, -0.25) is 4.79 Å². The molecule has 0 aliphatic carbocycles. The number of hydrogen-bond acceptors (Lipinski definition) is 4. The number of para-hydroxylation sites is 1. The maximum Gasteiger partial charge on any atom is 0.277 e. The molecule has 25 heavy (non-hydrogen) atoms. The monoisotopic (exact) mass is 348 g/mol. The third-order valence-electron chi connectivity index (χ3n) is 4.27. The number of hydrogen-bond donors (Lipinski definition) is 1. The number of aromatic amines is 1. The highest BCUT2D eigenvalue weighted by Gasteiger charge is 2.11. The summed E-state index contributed by atoms with van der Waals surface area (Å²) in [5, 5.41) is 5.28. The molecule has 0 fully saturated rings. The summed E-state index contributed by atoms with van der Waals surface area (Å²) in [5.41, 5.74) is 3.34. The van der Waals surface area contributed by atoms with E-state index in [1.165, 1.54) is 10.1 Å². The van der Waals surface area contributed by atoms with Crippen molar-refractivity contribution < 1.29 is 0 Å². The average molecular weight is 348 g/mol. The van der Waals surface area contributed by atoms with E-state index in [1.54, 1.807) is 0 Å². The highest BCUT2D eigenvalue weighted by Crippen LogP contribution is 2.20. The lowest BCUT2D eigenvalue weighted by Crippen LogP contribution is -2.17. The molecule has 0 aliphatic rings. The number of nitrogens with one attached hydrogen (secondary N) is 1. The van der Waals surface area contributed by atoms with Crippen LogP contribution in [0.5, 0.6) is 0 Å². The van der Waals surface area contributed by atoms with E-state index in [1.807, 2.05) is 48.5 Å². The molecule has 124 valence electrons. The van der Waals surface area contributed by atoms with Gasteiger partial charge in [0.15, 0.2) is 5.69 Å². The van der Waals surface area contributed by atoms with E-state index in [0.29, 0.717) is 22.0 Å². The Balaban J connectivity index is 1.99. The molecule has 0 saturated heterocycles. The van der Waals surface area contributed by atoms with Crippen LogP contribution in [0.25, 0.3) is 27.8 Å². The van der Waals surface area contributed by atoms with Gasteiger partial charge in [0.2, 0.25) is 4.77 Å². The topological polar surface area (TPSA) is 63.1 Å². The molecule has 0 unspecified atom stereocenters. The molecule has 0 aliphatic heterocycles. The first-order valence-electron chi connectivity index (χ1n) is 8.07. The normalized spacial score (nSPS) is 11.5. The lowest BCUT2D eigenvalue weighted by Gasteiger charge is -2.08. The fourth-order valence-corrected chi connectivity index (χ4v) is 3.10. The number of H-pyrrole nitrogens is 1. The summed E-state index contributed by atoms with van der Waals surface area (Å²) in [4.78, 5) is 19.9. The van der Waals surface area contributed by atoms with Crippen molar-refractivity contribution in [3.8, 4) is 11.3 Å². The largest absolute Gasteiger partial charge is 0.304 e. The predicted molar refractivity (Wildman–Crippen MR) is 101 cm³/mol. The summed E-state index contributed by atoms with van der Waals surface area (Å²) in [6.45, 7) is 4.26. The third-order valence-corrected chi connectivity index (χ3v) is 4.53. The van der Waals surface area contributed by atoms with Gasteiger partial charge in [0, 0.05) is 10.9 Å². The second kappa shape index (κ2) is 5.89. The van der Waals surface area contributed by atoms with Crippen molar-refractivity contribution in [3.05, 3.63) is 69.2 Å². The molecule has 0 atom stereocenters. The minimum Gasteiger partial charge on any atom is -0.304 e. The zero-order valence-corrected chi connectivity index (χ0v) is 14.7. The summed E-state index contributed by atoms with van der Waals surface area (Å²) in [6.07, 6.45) is 0. The van der Waals surface area contributed by atoms with Crippen LogP contribution in [0.4, 0.5) is 0 Å². The van der Waals surface area contributed by atoms with Crippen molar-refractivity contribution >= 4 is 28.8 Å². The van der Waals surface area contributed by atoms with Crippen LogP contribution in [-0.2, 0) is 0 Å². The van der Waals surface area contributed by atoms with E-state index in [2.05, 4.69) is 28.9 Å². The standard InChI is InChI=1S/C19H16N4OS/c1-11(2)12-7-9-13(10-8-12)16-18(24)21-17-14-5-3-4-6-15(14)20-19(25)23(17)22-16/h3-11H,1-2H3,(H,21,24). The van der Waals surface area contributed by atoms with E-state index in [4.69, 9.17) is 12.2 Å². The first kappa shape index (κ1) is 15.7. The van der Waals surface area contributed by atoms with Crippen molar-refractivity contribution in [2.45, 2.75) is 19.8 Å². The van der Waals surface area contributed by atoms with Crippen LogP contribution in [-0.4, -0.2) is 19.6 Å². The summed E-state index contributed by atoms with van der Waals surface area (Å²) in [7, 11) is 0. The molecular weight excluding hydrogens is 332 g/mol. The van der Waals surface area contributed by atoms with Gasteiger partial charge in [0.1, 0.15) is 5.65 Å². The molecule has 2 heterocycles. The first-order chi connectivity index (χ1) is 12.0. The second-order valence-electron chi connectivity index (χ2n) is 6.25. The van der Waals surface area contributed by atoms with Gasteiger partial charge < -0.3 is 4.98 Å².